The Labute approximate surface area is 125 Å². The summed E-state index contributed by atoms with van der Waals surface area (Å²) >= 11 is 2.23. The van der Waals surface area contributed by atoms with Crippen LogP contribution in [0.3, 0.4) is 0 Å². The second-order valence-electron chi connectivity index (χ2n) is 3.94. The van der Waals surface area contributed by atoms with Crippen LogP contribution in [0.5, 0.6) is 11.6 Å². The number of nitrogens with one attached hydrogen (secondary N) is 1. The smallest absolute Gasteiger partial charge is 0.226 e. The summed E-state index contributed by atoms with van der Waals surface area (Å²) in [6.07, 6.45) is 1.01. The Morgan fingerprint density at radius 1 is 1.32 bits per heavy atom. The van der Waals surface area contributed by atoms with Gasteiger partial charge in [-0.05, 0) is 47.2 Å². The van der Waals surface area contributed by atoms with E-state index in [9.17, 15) is 0 Å². The molecule has 0 bridgehead atoms. The van der Waals surface area contributed by atoms with E-state index in [0.29, 0.717) is 11.7 Å². The van der Waals surface area contributed by atoms with Crippen LogP contribution >= 0.6 is 22.6 Å². The first-order valence-corrected chi connectivity index (χ1v) is 7.07. The molecule has 0 fully saturated rings. The summed E-state index contributed by atoms with van der Waals surface area (Å²) in [4.78, 5) is 8.17. The van der Waals surface area contributed by atoms with Crippen molar-refractivity contribution in [3.05, 3.63) is 33.9 Å². The van der Waals surface area contributed by atoms with Gasteiger partial charge >= 0.3 is 0 Å². The third-order valence-electron chi connectivity index (χ3n) is 2.29. The minimum Gasteiger partial charge on any atom is -0.439 e. The van der Waals surface area contributed by atoms with Gasteiger partial charge in [-0.3, -0.25) is 0 Å². The molecule has 1 aromatic heterocycles. The van der Waals surface area contributed by atoms with E-state index >= 15 is 0 Å². The molecule has 2 aromatic rings. The van der Waals surface area contributed by atoms with Crippen LogP contribution in [0.2, 0.25) is 0 Å². The lowest BCUT2D eigenvalue weighted by atomic mass is 10.3. The summed E-state index contributed by atoms with van der Waals surface area (Å²) in [6, 6.07) is 9.47. The average molecular weight is 370 g/mol. The maximum absolute atomic E-state index is 5.68. The highest BCUT2D eigenvalue weighted by molar-refractivity contribution is 14.1. The lowest BCUT2D eigenvalue weighted by Gasteiger charge is -2.08. The second kappa shape index (κ2) is 6.55. The molecule has 0 aliphatic heterocycles. The zero-order chi connectivity index (χ0) is 13.7. The minimum atomic E-state index is 0.196. The number of benzene rings is 1. The SMILES string of the molecule is CCCNc1cc(Oc2cccc(I)c2)nc(N)n1. The van der Waals surface area contributed by atoms with Crippen LogP contribution < -0.4 is 15.8 Å². The fourth-order valence-electron chi connectivity index (χ4n) is 1.49. The van der Waals surface area contributed by atoms with Crippen LogP contribution in [0.15, 0.2) is 30.3 Å². The zero-order valence-corrected chi connectivity index (χ0v) is 12.7. The maximum Gasteiger partial charge on any atom is 0.226 e. The van der Waals surface area contributed by atoms with Crippen molar-refractivity contribution in [1.82, 2.24) is 9.97 Å². The standard InChI is InChI=1S/C13H15IN4O/c1-2-6-16-11-8-12(18-13(15)17-11)19-10-5-3-4-9(14)7-10/h3-5,7-8H,2,6H2,1H3,(H3,15,16,17,18). The molecule has 0 radical (unpaired) electrons. The van der Waals surface area contributed by atoms with E-state index in [1.165, 1.54) is 0 Å². The van der Waals surface area contributed by atoms with Crippen molar-refractivity contribution in [2.45, 2.75) is 13.3 Å². The van der Waals surface area contributed by atoms with Crippen LogP contribution in [0, 0.1) is 3.57 Å². The quantitative estimate of drug-likeness (QED) is 0.791. The number of nitrogens with two attached hydrogens (primary N) is 1. The average Bonchev–Trinajstić information content (AvgIpc) is 2.35. The Morgan fingerprint density at radius 3 is 2.89 bits per heavy atom. The van der Waals surface area contributed by atoms with Gasteiger partial charge < -0.3 is 15.8 Å². The van der Waals surface area contributed by atoms with Crippen molar-refractivity contribution >= 4 is 34.4 Å². The number of rotatable bonds is 5. The highest BCUT2D eigenvalue weighted by Crippen LogP contribution is 2.23. The predicted molar refractivity (Wildman–Crippen MR) is 84.5 cm³/mol. The van der Waals surface area contributed by atoms with Gasteiger partial charge in [-0.1, -0.05) is 13.0 Å². The van der Waals surface area contributed by atoms with Gasteiger partial charge in [0, 0.05) is 16.2 Å². The number of aromatic nitrogens is 2. The van der Waals surface area contributed by atoms with Crippen molar-refractivity contribution in [3.8, 4) is 11.6 Å². The fraction of sp³-hybridized carbons (Fsp3) is 0.231. The lowest BCUT2D eigenvalue weighted by Crippen LogP contribution is -2.05. The molecule has 5 nitrogen and oxygen atoms in total. The molecular formula is C13H15IN4O. The molecule has 0 saturated carbocycles. The summed E-state index contributed by atoms with van der Waals surface area (Å²) in [7, 11) is 0. The predicted octanol–water partition coefficient (Wildman–Crippen LogP) is 3.28. The Hall–Kier alpha value is -1.57. The van der Waals surface area contributed by atoms with Crippen LogP contribution in [0.1, 0.15) is 13.3 Å². The molecule has 0 atom stereocenters. The molecule has 0 saturated heterocycles. The van der Waals surface area contributed by atoms with E-state index in [4.69, 9.17) is 10.5 Å². The van der Waals surface area contributed by atoms with E-state index in [1.807, 2.05) is 24.3 Å². The third-order valence-corrected chi connectivity index (χ3v) is 2.97. The third kappa shape index (κ3) is 4.23. The number of nitrogens with zero attached hydrogens (tertiary/aromatic N) is 2. The summed E-state index contributed by atoms with van der Waals surface area (Å²) in [5.41, 5.74) is 5.67. The Balaban J connectivity index is 2.17. The monoisotopic (exact) mass is 370 g/mol. The van der Waals surface area contributed by atoms with Gasteiger partial charge in [-0.25, -0.2) is 0 Å². The Bertz CT molecular complexity index is 562. The second-order valence-corrected chi connectivity index (χ2v) is 5.18. The van der Waals surface area contributed by atoms with E-state index in [1.54, 1.807) is 6.07 Å². The summed E-state index contributed by atoms with van der Waals surface area (Å²) < 4.78 is 6.78. The van der Waals surface area contributed by atoms with E-state index in [2.05, 4.69) is 44.8 Å². The van der Waals surface area contributed by atoms with Crippen LogP contribution in [0.25, 0.3) is 0 Å². The largest absolute Gasteiger partial charge is 0.439 e. The van der Waals surface area contributed by atoms with Crippen molar-refractivity contribution in [2.75, 3.05) is 17.6 Å². The molecule has 1 aromatic carbocycles. The first-order chi connectivity index (χ1) is 9.17. The number of nitrogen functional groups attached to an aromatic ring is 1. The molecule has 6 heteroatoms. The lowest BCUT2D eigenvalue weighted by molar-refractivity contribution is 0.462. The number of anilines is 2. The Morgan fingerprint density at radius 2 is 2.16 bits per heavy atom. The van der Waals surface area contributed by atoms with E-state index in [0.717, 1.165) is 22.3 Å². The Kier molecular flexibility index (Phi) is 4.78. The van der Waals surface area contributed by atoms with Crippen molar-refractivity contribution in [1.29, 1.82) is 0 Å². The molecule has 0 unspecified atom stereocenters. The normalized spacial score (nSPS) is 10.2. The molecule has 0 aliphatic rings. The topological polar surface area (TPSA) is 73.1 Å². The van der Waals surface area contributed by atoms with Gasteiger partial charge in [-0.15, -0.1) is 0 Å². The molecule has 0 spiro atoms. The number of ether oxygens (including phenoxy) is 1. The molecule has 19 heavy (non-hydrogen) atoms. The summed E-state index contributed by atoms with van der Waals surface area (Å²) in [5.74, 6) is 2.04. The fourth-order valence-corrected chi connectivity index (χ4v) is 2.00. The van der Waals surface area contributed by atoms with E-state index in [-0.39, 0.29) is 5.95 Å². The first kappa shape index (κ1) is 13.9. The molecule has 0 aliphatic carbocycles. The van der Waals surface area contributed by atoms with Crippen molar-refractivity contribution in [3.63, 3.8) is 0 Å². The van der Waals surface area contributed by atoms with Crippen LogP contribution in [-0.2, 0) is 0 Å². The van der Waals surface area contributed by atoms with Gasteiger partial charge in [0.1, 0.15) is 11.6 Å². The van der Waals surface area contributed by atoms with Gasteiger partial charge in [0.05, 0.1) is 0 Å². The van der Waals surface area contributed by atoms with Gasteiger partial charge in [0.15, 0.2) is 0 Å². The molecule has 1 heterocycles. The van der Waals surface area contributed by atoms with Gasteiger partial charge in [-0.2, -0.15) is 9.97 Å². The van der Waals surface area contributed by atoms with Gasteiger partial charge in [0.2, 0.25) is 11.8 Å². The molecule has 0 amide bonds. The van der Waals surface area contributed by atoms with Crippen molar-refractivity contribution in [2.24, 2.45) is 0 Å². The first-order valence-electron chi connectivity index (χ1n) is 5.99. The van der Waals surface area contributed by atoms with Crippen molar-refractivity contribution < 1.29 is 4.74 Å². The van der Waals surface area contributed by atoms with Gasteiger partial charge in [0.25, 0.3) is 0 Å². The van der Waals surface area contributed by atoms with E-state index < -0.39 is 0 Å². The maximum atomic E-state index is 5.68. The number of hydrogen-bond acceptors (Lipinski definition) is 5. The number of halogens is 1. The highest BCUT2D eigenvalue weighted by atomic mass is 127. The van der Waals surface area contributed by atoms with Crippen LogP contribution in [0.4, 0.5) is 11.8 Å². The molecule has 2 rings (SSSR count). The zero-order valence-electron chi connectivity index (χ0n) is 10.6. The number of hydrogen-bond donors (Lipinski definition) is 2. The minimum absolute atomic E-state index is 0.196. The molecular weight excluding hydrogens is 355 g/mol. The molecule has 3 N–H and O–H groups in total. The summed E-state index contributed by atoms with van der Waals surface area (Å²) in [5, 5.41) is 3.16. The summed E-state index contributed by atoms with van der Waals surface area (Å²) in [6.45, 7) is 2.92. The highest BCUT2D eigenvalue weighted by Gasteiger charge is 2.04. The molecule has 100 valence electrons. The van der Waals surface area contributed by atoms with Crippen LogP contribution in [-0.4, -0.2) is 16.5 Å².